The van der Waals surface area contributed by atoms with Crippen LogP contribution in [0.3, 0.4) is 0 Å². The van der Waals surface area contributed by atoms with Gasteiger partial charge >= 0.3 is 0 Å². The summed E-state index contributed by atoms with van der Waals surface area (Å²) < 4.78 is 25.2. The summed E-state index contributed by atoms with van der Waals surface area (Å²) in [5.74, 6) is -2.73. The molecule has 1 unspecified atom stereocenters. The summed E-state index contributed by atoms with van der Waals surface area (Å²) in [4.78, 5) is 11.8. The molecule has 9 heteroatoms. The highest BCUT2D eigenvalue weighted by atomic mass is 19.3. The molecule has 0 amide bonds. The Labute approximate surface area is 97.6 Å². The lowest BCUT2D eigenvalue weighted by Crippen LogP contribution is -2.61. The lowest BCUT2D eigenvalue weighted by Gasteiger charge is -2.41. The van der Waals surface area contributed by atoms with Crippen molar-refractivity contribution in [1.29, 1.82) is 0 Å². The van der Waals surface area contributed by atoms with Gasteiger partial charge in [0.1, 0.15) is 6.17 Å². The van der Waals surface area contributed by atoms with E-state index in [1.54, 1.807) is 0 Å². The molecular weight excluding hydrogens is 234 g/mol. The van der Waals surface area contributed by atoms with Crippen LogP contribution in [0.25, 0.3) is 0 Å². The van der Waals surface area contributed by atoms with Crippen molar-refractivity contribution in [2.45, 2.75) is 30.8 Å². The van der Waals surface area contributed by atoms with Crippen LogP contribution < -0.4 is 22.5 Å². The number of nitrogens with one attached hydrogen (secondary N) is 1. The highest BCUT2D eigenvalue weighted by Crippen LogP contribution is 2.29. The lowest BCUT2D eigenvalue weighted by molar-refractivity contribution is -0.146. The van der Waals surface area contributed by atoms with Gasteiger partial charge in [0.05, 0.1) is 25.4 Å². The molecule has 3 atom stereocenters. The van der Waals surface area contributed by atoms with E-state index in [0.717, 1.165) is 0 Å². The second-order valence-corrected chi connectivity index (χ2v) is 4.20. The number of likely N-dealkylation sites (tertiary alicyclic amines) is 1. The van der Waals surface area contributed by atoms with E-state index in [1.807, 2.05) is 0 Å². The van der Waals surface area contributed by atoms with Crippen molar-refractivity contribution in [3.63, 3.8) is 0 Å². The average Bonchev–Trinajstić information content (AvgIpc) is 2.22. The first kappa shape index (κ1) is 14.3. The largest absolute Gasteiger partial charge is 0.328 e. The minimum Gasteiger partial charge on any atom is -0.328 e. The molecule has 0 aromatic carbocycles. The Morgan fingerprint density at radius 2 is 1.94 bits per heavy atom. The molecule has 1 aliphatic heterocycles. The third kappa shape index (κ3) is 4.21. The first-order valence-corrected chi connectivity index (χ1v) is 5.29. The van der Waals surface area contributed by atoms with Crippen molar-refractivity contribution in [2.75, 3.05) is 19.6 Å². The number of hydrogen-bond donors (Lipinski definition) is 4. The predicted molar refractivity (Wildman–Crippen MR) is 58.9 cm³/mol. The zero-order valence-electron chi connectivity index (χ0n) is 9.35. The summed E-state index contributed by atoms with van der Waals surface area (Å²) in [6, 6.07) is 0. The van der Waals surface area contributed by atoms with Crippen LogP contribution >= 0.6 is 0 Å². The molecule has 1 rings (SSSR count). The third-order valence-electron chi connectivity index (χ3n) is 2.56. The Morgan fingerprint density at radius 1 is 1.35 bits per heavy atom. The van der Waals surface area contributed by atoms with Crippen molar-refractivity contribution in [3.8, 4) is 0 Å². The van der Waals surface area contributed by atoms with Gasteiger partial charge < -0.3 is 17.2 Å². The summed E-state index contributed by atoms with van der Waals surface area (Å²) in [7, 11) is 0. The number of rotatable bonds is 7. The fourth-order valence-electron chi connectivity index (χ4n) is 1.66. The Morgan fingerprint density at radius 3 is 2.35 bits per heavy atom. The molecule has 7 N–H and O–H groups in total. The maximum atomic E-state index is 12.6. The highest BCUT2D eigenvalue weighted by Gasteiger charge is 2.47. The fourth-order valence-corrected chi connectivity index (χ4v) is 1.66. The first-order chi connectivity index (χ1) is 7.88. The minimum atomic E-state index is -2.73. The minimum absolute atomic E-state index is 0.118. The van der Waals surface area contributed by atoms with Gasteiger partial charge in [-0.3, -0.25) is 10.2 Å². The summed E-state index contributed by atoms with van der Waals surface area (Å²) in [5.41, 5.74) is 16.4. The van der Waals surface area contributed by atoms with Gasteiger partial charge in [0.2, 0.25) is 0 Å². The second-order valence-electron chi connectivity index (χ2n) is 4.20. The molecule has 0 aliphatic carbocycles. The SMILES string of the molecule is NC[C@@H](N)NC(N)C[C@@H](N=O)N1CC(F)(F)C1. The van der Waals surface area contributed by atoms with Crippen molar-refractivity contribution in [2.24, 2.45) is 22.4 Å². The number of nitrogens with zero attached hydrogens (tertiary/aromatic N) is 2. The van der Waals surface area contributed by atoms with Crippen LogP contribution in [-0.2, 0) is 0 Å². The van der Waals surface area contributed by atoms with Gasteiger partial charge in [0, 0.05) is 13.0 Å². The average molecular weight is 252 g/mol. The maximum Gasteiger partial charge on any atom is 0.273 e. The van der Waals surface area contributed by atoms with Crippen LogP contribution in [0.1, 0.15) is 6.42 Å². The smallest absolute Gasteiger partial charge is 0.273 e. The summed E-state index contributed by atoms with van der Waals surface area (Å²) in [5, 5.41) is 5.53. The van der Waals surface area contributed by atoms with Gasteiger partial charge in [-0.25, -0.2) is 8.78 Å². The lowest BCUT2D eigenvalue weighted by atomic mass is 10.1. The maximum absolute atomic E-state index is 12.6. The topological polar surface area (TPSA) is 123 Å². The van der Waals surface area contributed by atoms with Crippen LogP contribution in [0.2, 0.25) is 0 Å². The molecular formula is C8H18F2N6O. The molecule has 1 aliphatic rings. The summed E-state index contributed by atoms with van der Waals surface area (Å²) in [6.07, 6.45) is -1.84. The Hall–Kier alpha value is -0.740. The van der Waals surface area contributed by atoms with Crippen LogP contribution in [0.15, 0.2) is 5.18 Å². The van der Waals surface area contributed by atoms with E-state index in [9.17, 15) is 13.7 Å². The highest BCUT2D eigenvalue weighted by molar-refractivity contribution is 4.91. The molecule has 0 saturated carbocycles. The Bertz CT molecular complexity index is 258. The zero-order chi connectivity index (χ0) is 13.1. The molecule has 7 nitrogen and oxygen atoms in total. The van der Waals surface area contributed by atoms with Crippen LogP contribution in [0.4, 0.5) is 8.78 Å². The number of nitrogens with two attached hydrogens (primary N) is 3. The summed E-state index contributed by atoms with van der Waals surface area (Å²) >= 11 is 0. The first-order valence-electron chi connectivity index (χ1n) is 5.29. The number of nitroso groups, excluding NO2 is 1. The van der Waals surface area contributed by atoms with Gasteiger partial charge in [-0.1, -0.05) is 5.18 Å². The van der Waals surface area contributed by atoms with Crippen molar-refractivity contribution in [1.82, 2.24) is 10.2 Å². The predicted octanol–water partition coefficient (Wildman–Crippen LogP) is -1.46. The van der Waals surface area contributed by atoms with E-state index in [4.69, 9.17) is 17.2 Å². The second kappa shape index (κ2) is 5.74. The molecule has 1 fully saturated rings. The Kier molecular flexibility index (Phi) is 4.83. The molecule has 0 spiro atoms. The fraction of sp³-hybridized carbons (Fsp3) is 1.00. The zero-order valence-corrected chi connectivity index (χ0v) is 9.35. The molecule has 1 heterocycles. The van der Waals surface area contributed by atoms with Gasteiger partial charge in [-0.05, 0) is 0 Å². The van der Waals surface area contributed by atoms with Crippen molar-refractivity contribution < 1.29 is 8.78 Å². The standard InChI is InChI=1S/C8H18F2N6O/c9-8(10)3-16(4-8)7(15-17)1-5(12)14-6(13)2-11/h5-7,14H,1-4,11-13H2/t5?,6-,7-/m0/s1. The van der Waals surface area contributed by atoms with E-state index < -0.39 is 37.5 Å². The van der Waals surface area contributed by atoms with Gasteiger partial charge in [-0.2, -0.15) is 0 Å². The van der Waals surface area contributed by atoms with Gasteiger partial charge in [0.25, 0.3) is 5.92 Å². The monoisotopic (exact) mass is 252 g/mol. The molecule has 0 radical (unpaired) electrons. The van der Waals surface area contributed by atoms with E-state index in [0.29, 0.717) is 0 Å². The van der Waals surface area contributed by atoms with E-state index in [-0.39, 0.29) is 13.0 Å². The molecule has 0 aromatic heterocycles. The van der Waals surface area contributed by atoms with Gasteiger partial charge in [0.15, 0.2) is 0 Å². The molecule has 17 heavy (non-hydrogen) atoms. The normalized spacial score (nSPS) is 24.8. The van der Waals surface area contributed by atoms with Crippen LogP contribution in [-0.4, -0.2) is 49.0 Å². The Balaban J connectivity index is 2.35. The molecule has 0 aromatic rings. The van der Waals surface area contributed by atoms with Crippen LogP contribution in [0, 0.1) is 4.91 Å². The van der Waals surface area contributed by atoms with E-state index >= 15 is 0 Å². The van der Waals surface area contributed by atoms with E-state index in [2.05, 4.69) is 10.5 Å². The van der Waals surface area contributed by atoms with Crippen molar-refractivity contribution in [3.05, 3.63) is 4.91 Å². The van der Waals surface area contributed by atoms with Crippen LogP contribution in [0.5, 0.6) is 0 Å². The number of halogens is 2. The third-order valence-corrected chi connectivity index (χ3v) is 2.56. The number of alkyl halides is 2. The quantitative estimate of drug-likeness (QED) is 0.324. The number of hydrogen-bond acceptors (Lipinski definition) is 7. The van der Waals surface area contributed by atoms with Gasteiger partial charge in [-0.15, -0.1) is 4.91 Å². The van der Waals surface area contributed by atoms with E-state index in [1.165, 1.54) is 4.90 Å². The molecule has 100 valence electrons. The van der Waals surface area contributed by atoms with Crippen molar-refractivity contribution >= 4 is 0 Å². The molecule has 0 bridgehead atoms. The molecule has 1 saturated heterocycles. The summed E-state index contributed by atoms with van der Waals surface area (Å²) in [6.45, 7) is -0.729.